The van der Waals surface area contributed by atoms with Crippen molar-refractivity contribution in [1.82, 2.24) is 0 Å². The van der Waals surface area contributed by atoms with Crippen LogP contribution in [0.4, 0.5) is 0 Å². The Balaban J connectivity index is 1.78. The molecule has 0 aromatic carbocycles. The summed E-state index contributed by atoms with van der Waals surface area (Å²) in [5, 5.41) is 0. The quantitative estimate of drug-likeness (QED) is 0.244. The monoisotopic (exact) mass is 218 g/mol. The lowest BCUT2D eigenvalue weighted by atomic mass is 10.5. The van der Waals surface area contributed by atoms with Crippen molar-refractivity contribution in [2.24, 2.45) is 0 Å². The molecule has 0 aromatic rings. The zero-order valence-electron chi connectivity index (χ0n) is 8.82. The predicted molar refractivity (Wildman–Crippen MR) is 53.5 cm³/mol. The van der Waals surface area contributed by atoms with E-state index >= 15 is 0 Å². The van der Waals surface area contributed by atoms with Gasteiger partial charge in [0.05, 0.1) is 13.2 Å². The number of methoxy groups -OCH3 is 2. The van der Waals surface area contributed by atoms with E-state index in [0.717, 1.165) is 32.3 Å². The fourth-order valence-electron chi connectivity index (χ4n) is 1.04. The average Bonchev–Trinajstić information content (AvgIpc) is 3.01. The molecule has 1 aliphatic rings. The molecule has 14 heavy (non-hydrogen) atoms. The minimum atomic E-state index is -0.0400. The maximum atomic E-state index is 5.40. The Labute approximate surface area is 87.7 Å². The van der Waals surface area contributed by atoms with E-state index in [4.69, 9.17) is 18.9 Å². The third-order valence-electron chi connectivity index (χ3n) is 1.91. The minimum absolute atomic E-state index is 0.0400. The molecule has 0 unspecified atom stereocenters. The predicted octanol–water partition coefficient (Wildman–Crippen LogP) is 0.491. The normalized spacial score (nSPS) is 20.4. The molecule has 1 atom stereocenters. The zero-order valence-corrected chi connectivity index (χ0v) is 9.82. The van der Waals surface area contributed by atoms with Gasteiger partial charge >= 0.3 is 0 Å². The molecule has 0 N–H and O–H groups in total. The van der Waals surface area contributed by atoms with Crippen molar-refractivity contribution < 1.29 is 18.9 Å². The molecule has 1 saturated heterocycles. The van der Waals surface area contributed by atoms with Crippen LogP contribution < -0.4 is 0 Å². The van der Waals surface area contributed by atoms with Gasteiger partial charge in [-0.05, 0) is 6.42 Å². The van der Waals surface area contributed by atoms with Crippen LogP contribution in [-0.2, 0) is 18.9 Å². The number of epoxide rings is 1. The van der Waals surface area contributed by atoms with Crippen LogP contribution in [0.5, 0.6) is 0 Å². The van der Waals surface area contributed by atoms with E-state index in [1.165, 1.54) is 0 Å². The van der Waals surface area contributed by atoms with Crippen molar-refractivity contribution in [2.75, 3.05) is 34.0 Å². The van der Waals surface area contributed by atoms with Crippen molar-refractivity contribution >= 4 is 9.52 Å². The van der Waals surface area contributed by atoms with Crippen molar-refractivity contribution in [3.63, 3.8) is 0 Å². The summed E-state index contributed by atoms with van der Waals surface area (Å²) in [5.41, 5.74) is 0. The third kappa shape index (κ3) is 5.72. The highest BCUT2D eigenvalue weighted by Crippen LogP contribution is 2.08. The van der Waals surface area contributed by atoms with Crippen LogP contribution in [0.25, 0.3) is 0 Å². The molecule has 0 aliphatic carbocycles. The smallest absolute Gasteiger partial charge is 0.136 e. The van der Waals surface area contributed by atoms with Crippen LogP contribution in [0, 0.1) is 0 Å². The van der Waals surface area contributed by atoms with E-state index in [2.05, 4.69) is 0 Å². The average molecular weight is 218 g/mol. The van der Waals surface area contributed by atoms with Crippen molar-refractivity contribution in [3.05, 3.63) is 0 Å². The Morgan fingerprint density at radius 2 is 2.14 bits per heavy atom. The molecule has 0 spiro atoms. The lowest BCUT2D eigenvalue weighted by molar-refractivity contribution is -0.0442. The number of rotatable bonds is 9. The van der Waals surface area contributed by atoms with Crippen LogP contribution in [0.1, 0.15) is 6.42 Å². The molecule has 1 fully saturated rings. The first-order valence-corrected chi connectivity index (χ1v) is 6.13. The molecular weight excluding hydrogens is 200 g/mol. The van der Waals surface area contributed by atoms with E-state index in [1.54, 1.807) is 14.2 Å². The molecule has 4 nitrogen and oxygen atoms in total. The Morgan fingerprint density at radius 3 is 2.71 bits per heavy atom. The van der Waals surface area contributed by atoms with Crippen molar-refractivity contribution in [1.29, 1.82) is 0 Å². The van der Waals surface area contributed by atoms with E-state index in [1.807, 2.05) is 0 Å². The summed E-state index contributed by atoms with van der Waals surface area (Å²) in [6.45, 7) is 2.44. The van der Waals surface area contributed by atoms with Crippen molar-refractivity contribution in [2.45, 2.75) is 24.5 Å². The van der Waals surface area contributed by atoms with E-state index in [9.17, 15) is 0 Å². The second-order valence-electron chi connectivity index (χ2n) is 3.14. The van der Waals surface area contributed by atoms with Gasteiger partial charge in [0.25, 0.3) is 0 Å². The Kier molecular flexibility index (Phi) is 6.38. The molecule has 0 bridgehead atoms. The second-order valence-corrected chi connectivity index (χ2v) is 4.52. The van der Waals surface area contributed by atoms with Gasteiger partial charge in [-0.25, -0.2) is 0 Å². The molecule has 5 heteroatoms. The highest BCUT2D eigenvalue weighted by atomic mass is 28.2. The SMILES string of the molecule is COC(OC)[Si]CCCOC[C@H]1CO1. The maximum Gasteiger partial charge on any atom is 0.136 e. The van der Waals surface area contributed by atoms with Crippen LogP contribution in [-0.4, -0.2) is 55.6 Å². The van der Waals surface area contributed by atoms with Gasteiger partial charge in [0.15, 0.2) is 0 Å². The molecule has 2 radical (unpaired) electrons. The van der Waals surface area contributed by atoms with Gasteiger partial charge in [-0.3, -0.25) is 0 Å². The van der Waals surface area contributed by atoms with Crippen LogP contribution in [0.2, 0.25) is 6.04 Å². The summed E-state index contributed by atoms with van der Waals surface area (Å²) < 4.78 is 20.6. The highest BCUT2D eigenvalue weighted by molar-refractivity contribution is 6.36. The molecule has 0 amide bonds. The summed E-state index contributed by atoms with van der Waals surface area (Å²) in [5.74, 6) is -0.0400. The third-order valence-corrected chi connectivity index (χ3v) is 3.36. The zero-order chi connectivity index (χ0) is 10.2. The summed E-state index contributed by atoms with van der Waals surface area (Å²) >= 11 is 0. The number of hydrogen-bond acceptors (Lipinski definition) is 4. The first kappa shape index (κ1) is 12.1. The summed E-state index contributed by atoms with van der Waals surface area (Å²) in [6.07, 6.45) is 1.44. The van der Waals surface area contributed by atoms with Crippen LogP contribution >= 0.6 is 0 Å². The fourth-order valence-corrected chi connectivity index (χ4v) is 1.95. The lowest BCUT2D eigenvalue weighted by Crippen LogP contribution is -2.21. The maximum absolute atomic E-state index is 5.40. The molecule has 0 aromatic heterocycles. The summed E-state index contributed by atoms with van der Waals surface area (Å²) in [6, 6.07) is 1.10. The Morgan fingerprint density at radius 1 is 1.43 bits per heavy atom. The number of ether oxygens (including phenoxy) is 4. The van der Waals surface area contributed by atoms with Crippen LogP contribution in [0.15, 0.2) is 0 Å². The van der Waals surface area contributed by atoms with Crippen molar-refractivity contribution in [3.8, 4) is 0 Å². The lowest BCUT2D eigenvalue weighted by Gasteiger charge is -2.11. The Hall–Kier alpha value is 0.0569. The largest absolute Gasteiger partial charge is 0.379 e. The Bertz CT molecular complexity index is 137. The summed E-state index contributed by atoms with van der Waals surface area (Å²) in [7, 11) is 4.03. The summed E-state index contributed by atoms with van der Waals surface area (Å²) in [4.78, 5) is 0. The number of hydrogen-bond donors (Lipinski definition) is 0. The van der Waals surface area contributed by atoms with E-state index < -0.39 is 0 Å². The standard InChI is InChI=1S/C9H18O4Si/c1-10-9(11-2)14-5-3-4-12-6-8-7-13-8/h8-9H,3-7H2,1-2H3/t8-/m0/s1. The molecule has 1 rings (SSSR count). The molecule has 1 heterocycles. The minimum Gasteiger partial charge on any atom is -0.379 e. The fraction of sp³-hybridized carbons (Fsp3) is 1.00. The highest BCUT2D eigenvalue weighted by Gasteiger charge is 2.21. The molecule has 0 saturated carbocycles. The van der Waals surface area contributed by atoms with Gasteiger partial charge in [0.2, 0.25) is 0 Å². The molecule has 1 aliphatic heterocycles. The molecule has 82 valence electrons. The van der Waals surface area contributed by atoms with E-state index in [-0.39, 0.29) is 5.91 Å². The topological polar surface area (TPSA) is 40.2 Å². The van der Waals surface area contributed by atoms with E-state index in [0.29, 0.717) is 15.6 Å². The first-order valence-electron chi connectivity index (χ1n) is 4.85. The van der Waals surface area contributed by atoms with Gasteiger partial charge < -0.3 is 18.9 Å². The van der Waals surface area contributed by atoms with Gasteiger partial charge in [0, 0.05) is 20.8 Å². The van der Waals surface area contributed by atoms with Crippen LogP contribution in [0.3, 0.4) is 0 Å². The van der Waals surface area contributed by atoms with Gasteiger partial charge in [-0.2, -0.15) is 0 Å². The van der Waals surface area contributed by atoms with Gasteiger partial charge in [0.1, 0.15) is 21.5 Å². The second kappa shape index (κ2) is 7.36. The first-order chi connectivity index (χ1) is 6.86. The molecular formula is C9H18O4Si. The van der Waals surface area contributed by atoms with Gasteiger partial charge in [-0.1, -0.05) is 6.04 Å². The van der Waals surface area contributed by atoms with Gasteiger partial charge in [-0.15, -0.1) is 0 Å².